The van der Waals surface area contributed by atoms with Crippen LogP contribution in [0.1, 0.15) is 16.9 Å². The number of thiophene rings is 1. The van der Waals surface area contributed by atoms with Crippen LogP contribution in [0.2, 0.25) is 5.02 Å². The molecule has 0 unspecified atom stereocenters. The van der Waals surface area contributed by atoms with E-state index in [9.17, 15) is 14.7 Å². The summed E-state index contributed by atoms with van der Waals surface area (Å²) in [5, 5.41) is 20.2. The van der Waals surface area contributed by atoms with Crippen molar-refractivity contribution in [3.63, 3.8) is 0 Å². The van der Waals surface area contributed by atoms with E-state index in [-0.39, 0.29) is 22.9 Å². The van der Waals surface area contributed by atoms with Gasteiger partial charge in [-0.25, -0.2) is 4.98 Å². The van der Waals surface area contributed by atoms with Crippen molar-refractivity contribution in [2.75, 3.05) is 5.75 Å². The minimum Gasteiger partial charge on any atom is -0.493 e. The highest BCUT2D eigenvalue weighted by Gasteiger charge is 2.24. The van der Waals surface area contributed by atoms with Crippen LogP contribution in [0.3, 0.4) is 0 Å². The fourth-order valence-electron chi connectivity index (χ4n) is 4.41. The van der Waals surface area contributed by atoms with E-state index in [2.05, 4.69) is 15.2 Å². The Bertz CT molecular complexity index is 1740. The summed E-state index contributed by atoms with van der Waals surface area (Å²) in [4.78, 5) is 35.8. The zero-order chi connectivity index (χ0) is 24.8. The number of carbonyl (C=O) groups excluding carboxylic acids is 1. The molecular weight excluding hydrogens is 518 g/mol. The third-order valence-corrected chi connectivity index (χ3v) is 8.40. The van der Waals surface area contributed by atoms with Gasteiger partial charge >= 0.3 is 0 Å². The molecule has 0 aliphatic heterocycles. The summed E-state index contributed by atoms with van der Waals surface area (Å²) in [6, 6.07) is 14.2. The molecule has 2 aromatic carbocycles. The summed E-state index contributed by atoms with van der Waals surface area (Å²) in [5.41, 5.74) is 2.46. The minimum absolute atomic E-state index is 0.0801. The lowest BCUT2D eigenvalue weighted by atomic mass is 10.2. The average molecular weight is 536 g/mol. The number of hydrogen-bond donors (Lipinski definition) is 2. The maximum Gasteiger partial charge on any atom is 0.275 e. The van der Waals surface area contributed by atoms with Gasteiger partial charge in [0.15, 0.2) is 10.8 Å². The highest BCUT2D eigenvalue weighted by Crippen LogP contribution is 2.37. The summed E-state index contributed by atoms with van der Waals surface area (Å²) in [7, 11) is 0. The number of H-pyrrole nitrogens is 1. The van der Waals surface area contributed by atoms with Crippen LogP contribution in [-0.2, 0) is 17.6 Å². The van der Waals surface area contributed by atoms with Gasteiger partial charge in [0, 0.05) is 15.3 Å². The molecule has 11 heteroatoms. The number of halogens is 1. The minimum atomic E-state index is -0.518. The molecule has 1 amide bonds. The molecular formula is C25H18ClN5O3S2. The molecule has 3 heterocycles. The second-order valence-electron chi connectivity index (χ2n) is 8.30. The van der Waals surface area contributed by atoms with Crippen LogP contribution in [0.5, 0.6) is 5.88 Å². The van der Waals surface area contributed by atoms with E-state index in [0.717, 1.165) is 36.6 Å². The lowest BCUT2D eigenvalue weighted by Gasteiger charge is -2.12. The second kappa shape index (κ2) is 9.20. The van der Waals surface area contributed by atoms with Crippen LogP contribution in [0.25, 0.3) is 26.8 Å². The monoisotopic (exact) mass is 535 g/mol. The number of carbonyl (C=O) groups is 1. The van der Waals surface area contributed by atoms with Gasteiger partial charge in [-0.05, 0) is 55.2 Å². The van der Waals surface area contributed by atoms with Crippen LogP contribution in [0.15, 0.2) is 68.7 Å². The van der Waals surface area contributed by atoms with Gasteiger partial charge in [-0.3, -0.25) is 14.2 Å². The molecule has 0 saturated carbocycles. The number of nitrogens with zero attached hydrogens (tertiary/aromatic N) is 4. The first-order valence-corrected chi connectivity index (χ1v) is 13.4. The quantitative estimate of drug-likeness (QED) is 0.158. The Morgan fingerprint density at radius 1 is 1.19 bits per heavy atom. The molecule has 3 aromatic heterocycles. The Hall–Kier alpha value is -3.47. The number of hydrogen-bond acceptors (Lipinski definition) is 7. The van der Waals surface area contributed by atoms with E-state index in [1.165, 1.54) is 9.44 Å². The standard InChI is InChI=1S/C25H18ClN5O3S2/c26-13-8-10-14(11-9-13)31-24(34)20-16-5-3-7-18(16)36-23(20)28-25(31)35-12-19(32)29-30-21-15-4-1-2-6-17(15)27-22(21)33/h1-2,4,6,8-11,27,33H,3,5,7,12H2. The third kappa shape index (κ3) is 4.01. The van der Waals surface area contributed by atoms with Gasteiger partial charge in [0.2, 0.25) is 5.88 Å². The fraction of sp³-hybridized carbons (Fsp3) is 0.160. The summed E-state index contributed by atoms with van der Waals surface area (Å²) in [6.45, 7) is 0. The van der Waals surface area contributed by atoms with Crippen molar-refractivity contribution in [3.05, 3.63) is 74.3 Å². The van der Waals surface area contributed by atoms with Crippen LogP contribution in [0, 0.1) is 0 Å². The van der Waals surface area contributed by atoms with E-state index in [1.807, 2.05) is 12.1 Å². The van der Waals surface area contributed by atoms with Gasteiger partial charge < -0.3 is 10.1 Å². The van der Waals surface area contributed by atoms with Gasteiger partial charge in [-0.1, -0.05) is 41.6 Å². The molecule has 0 atom stereocenters. The predicted octanol–water partition coefficient (Wildman–Crippen LogP) is 6.18. The van der Waals surface area contributed by atoms with Crippen molar-refractivity contribution in [3.8, 4) is 11.6 Å². The average Bonchev–Trinajstić information content (AvgIpc) is 3.54. The number of aromatic hydroxyl groups is 1. The number of para-hydroxylation sites is 1. The van der Waals surface area contributed by atoms with Crippen molar-refractivity contribution >= 4 is 67.4 Å². The van der Waals surface area contributed by atoms with E-state index >= 15 is 0 Å². The van der Waals surface area contributed by atoms with Crippen LogP contribution in [-0.4, -0.2) is 31.3 Å². The van der Waals surface area contributed by atoms with Gasteiger partial charge in [0.25, 0.3) is 11.5 Å². The molecule has 1 aliphatic carbocycles. The predicted molar refractivity (Wildman–Crippen MR) is 142 cm³/mol. The number of aromatic nitrogens is 3. The van der Waals surface area contributed by atoms with Crippen molar-refractivity contribution < 1.29 is 9.90 Å². The van der Waals surface area contributed by atoms with Crippen LogP contribution >= 0.6 is 34.7 Å². The van der Waals surface area contributed by atoms with Crippen LogP contribution < -0.4 is 5.56 Å². The maximum atomic E-state index is 13.7. The van der Waals surface area contributed by atoms with Crippen LogP contribution in [0.4, 0.5) is 5.69 Å². The number of azo groups is 1. The number of aryl methyl sites for hydroxylation is 2. The normalized spacial score (nSPS) is 13.2. The van der Waals surface area contributed by atoms with E-state index < -0.39 is 5.91 Å². The molecule has 2 N–H and O–H groups in total. The van der Waals surface area contributed by atoms with E-state index in [4.69, 9.17) is 16.6 Å². The molecule has 0 fully saturated rings. The molecule has 180 valence electrons. The maximum absolute atomic E-state index is 13.7. The molecule has 1 aliphatic rings. The Morgan fingerprint density at radius 2 is 2.00 bits per heavy atom. The first-order chi connectivity index (χ1) is 17.5. The summed E-state index contributed by atoms with van der Waals surface area (Å²) in [5.74, 6) is -0.756. The molecule has 0 spiro atoms. The summed E-state index contributed by atoms with van der Waals surface area (Å²) in [6.07, 6.45) is 2.87. The van der Waals surface area contributed by atoms with Crippen molar-refractivity contribution in [2.24, 2.45) is 10.2 Å². The van der Waals surface area contributed by atoms with Crippen molar-refractivity contribution in [1.29, 1.82) is 0 Å². The number of fused-ring (bicyclic) bond motifs is 4. The van der Waals surface area contributed by atoms with E-state index in [1.54, 1.807) is 47.7 Å². The summed E-state index contributed by atoms with van der Waals surface area (Å²) >= 11 is 8.74. The highest BCUT2D eigenvalue weighted by molar-refractivity contribution is 7.99. The lowest BCUT2D eigenvalue weighted by Crippen LogP contribution is -2.22. The molecule has 8 nitrogen and oxygen atoms in total. The number of benzene rings is 2. The first kappa shape index (κ1) is 23.0. The number of aromatic amines is 1. The Balaban J connectivity index is 1.33. The Kier molecular flexibility index (Phi) is 5.87. The number of amides is 1. The van der Waals surface area contributed by atoms with Crippen molar-refractivity contribution in [2.45, 2.75) is 24.4 Å². The second-order valence-corrected chi connectivity index (χ2v) is 10.8. The fourth-order valence-corrected chi connectivity index (χ4v) is 6.63. The lowest BCUT2D eigenvalue weighted by molar-refractivity contribution is -0.115. The van der Waals surface area contributed by atoms with Gasteiger partial charge in [0.05, 0.1) is 22.3 Å². The molecule has 0 radical (unpaired) electrons. The molecule has 36 heavy (non-hydrogen) atoms. The smallest absolute Gasteiger partial charge is 0.275 e. The van der Waals surface area contributed by atoms with E-state index in [0.29, 0.717) is 37.0 Å². The topological polar surface area (TPSA) is 113 Å². The Labute approximate surface area is 217 Å². The summed E-state index contributed by atoms with van der Waals surface area (Å²) < 4.78 is 1.53. The molecule has 0 saturated heterocycles. The van der Waals surface area contributed by atoms with Gasteiger partial charge in [-0.15, -0.1) is 21.6 Å². The molecule has 0 bridgehead atoms. The van der Waals surface area contributed by atoms with Gasteiger partial charge in [0.1, 0.15) is 4.83 Å². The zero-order valence-corrected chi connectivity index (χ0v) is 21.1. The van der Waals surface area contributed by atoms with Crippen molar-refractivity contribution in [1.82, 2.24) is 14.5 Å². The van der Waals surface area contributed by atoms with Gasteiger partial charge in [-0.2, -0.15) is 0 Å². The third-order valence-electron chi connectivity index (χ3n) is 6.04. The number of nitrogens with one attached hydrogen (secondary N) is 1. The molecule has 6 rings (SSSR count). The number of rotatable bonds is 5. The SMILES string of the molecule is O=C(CSc1nc2sc3c(c2c(=O)n1-c1ccc(Cl)cc1)CCC3)N=Nc1c(O)[nH]c2ccccc12. The number of thioether (sulfide) groups is 1. The molecule has 5 aromatic rings. The zero-order valence-electron chi connectivity index (χ0n) is 18.7. The Morgan fingerprint density at radius 3 is 2.83 bits per heavy atom. The first-order valence-electron chi connectivity index (χ1n) is 11.2. The largest absolute Gasteiger partial charge is 0.493 e. The highest BCUT2D eigenvalue weighted by atomic mass is 35.5.